The third-order valence-corrected chi connectivity index (χ3v) is 3.18. The topological polar surface area (TPSA) is 39.7 Å². The fourth-order valence-corrected chi connectivity index (χ4v) is 2.07. The molecule has 0 amide bonds. The summed E-state index contributed by atoms with van der Waals surface area (Å²) in [5, 5.41) is 3.42. The van der Waals surface area contributed by atoms with Crippen LogP contribution in [0.1, 0.15) is 18.4 Å². The van der Waals surface area contributed by atoms with Crippen LogP contribution in [0.5, 0.6) is 0 Å². The van der Waals surface area contributed by atoms with Crippen molar-refractivity contribution in [2.24, 2.45) is 0 Å². The molecule has 1 N–H and O–H groups in total. The van der Waals surface area contributed by atoms with Gasteiger partial charge in [-0.2, -0.15) is 0 Å². The van der Waals surface area contributed by atoms with Crippen LogP contribution in [0.2, 0.25) is 0 Å². The van der Waals surface area contributed by atoms with Gasteiger partial charge in [0, 0.05) is 12.8 Å². The second-order valence-corrected chi connectivity index (χ2v) is 4.83. The average Bonchev–Trinajstić information content (AvgIpc) is 2.51. The summed E-state index contributed by atoms with van der Waals surface area (Å²) in [7, 11) is 1.68. The van der Waals surface area contributed by atoms with Crippen LogP contribution in [0.3, 0.4) is 0 Å². The summed E-state index contributed by atoms with van der Waals surface area (Å²) in [6.07, 6.45) is 6.30. The third kappa shape index (κ3) is 5.23. The van der Waals surface area contributed by atoms with E-state index in [1.807, 2.05) is 6.07 Å². The lowest BCUT2D eigenvalue weighted by molar-refractivity contribution is 0.0617. The Balaban J connectivity index is 1.75. The van der Waals surface area contributed by atoms with Gasteiger partial charge in [-0.05, 0) is 36.6 Å². The first kappa shape index (κ1) is 14.9. The number of hydrogen-bond donors (Lipinski definition) is 1. The molecule has 0 aromatic heterocycles. The number of ether oxygens (including phenoxy) is 3. The predicted molar refractivity (Wildman–Crippen MR) is 79.7 cm³/mol. The van der Waals surface area contributed by atoms with Crippen molar-refractivity contribution in [2.45, 2.75) is 25.6 Å². The molecule has 1 aromatic carbocycles. The lowest BCUT2D eigenvalue weighted by atomic mass is 10.1. The predicted octanol–water partition coefficient (Wildman–Crippen LogP) is 2.95. The highest BCUT2D eigenvalue weighted by Gasteiger charge is 2.10. The summed E-state index contributed by atoms with van der Waals surface area (Å²) >= 11 is 0. The van der Waals surface area contributed by atoms with E-state index in [4.69, 9.17) is 14.2 Å². The summed E-state index contributed by atoms with van der Waals surface area (Å²) in [5.74, 6) is 0. The van der Waals surface area contributed by atoms with Crippen LogP contribution in [-0.2, 0) is 20.8 Å². The normalized spacial score (nSPS) is 17.8. The van der Waals surface area contributed by atoms with Crippen LogP contribution in [-0.4, -0.2) is 33.0 Å². The summed E-state index contributed by atoms with van der Waals surface area (Å²) in [6.45, 7) is 2.70. The van der Waals surface area contributed by atoms with Crippen molar-refractivity contribution in [1.29, 1.82) is 0 Å². The van der Waals surface area contributed by atoms with Crippen molar-refractivity contribution in [3.05, 3.63) is 42.2 Å². The van der Waals surface area contributed by atoms with Crippen molar-refractivity contribution in [3.63, 3.8) is 0 Å². The molecule has 0 bridgehead atoms. The minimum absolute atomic E-state index is 0.265. The molecule has 110 valence electrons. The molecule has 0 saturated carbocycles. The maximum absolute atomic E-state index is 5.54. The molecule has 2 rings (SSSR count). The number of allylic oxidation sites excluding steroid dienone is 1. The Morgan fingerprint density at radius 1 is 1.35 bits per heavy atom. The van der Waals surface area contributed by atoms with Crippen LogP contribution in [0, 0.1) is 0 Å². The van der Waals surface area contributed by atoms with Gasteiger partial charge in [-0.15, -0.1) is 0 Å². The Morgan fingerprint density at radius 3 is 3.10 bits per heavy atom. The fourth-order valence-electron chi connectivity index (χ4n) is 2.07. The zero-order valence-electron chi connectivity index (χ0n) is 12.0. The second-order valence-electron chi connectivity index (χ2n) is 4.83. The van der Waals surface area contributed by atoms with E-state index in [1.54, 1.807) is 13.4 Å². The highest BCUT2D eigenvalue weighted by Crippen LogP contribution is 2.14. The van der Waals surface area contributed by atoms with Gasteiger partial charge in [-0.25, -0.2) is 0 Å². The van der Waals surface area contributed by atoms with Crippen molar-refractivity contribution in [1.82, 2.24) is 0 Å². The number of benzene rings is 1. The first-order chi connectivity index (χ1) is 9.88. The standard InChI is InChI=1S/C16H23NO3/c1-18-9-10-19-13-14-5-4-6-15(11-14)17-12-16-7-2-3-8-20-16/h3-6,8,11,16-17H,2,7,9-10,12-13H2,1H3. The van der Waals surface area contributed by atoms with E-state index in [0.717, 1.165) is 30.6 Å². The maximum Gasteiger partial charge on any atom is 0.115 e. The third-order valence-electron chi connectivity index (χ3n) is 3.18. The Kier molecular flexibility index (Phi) is 6.41. The summed E-state index contributed by atoms with van der Waals surface area (Å²) in [4.78, 5) is 0. The zero-order chi connectivity index (χ0) is 14.0. The van der Waals surface area contributed by atoms with Gasteiger partial charge in [0.2, 0.25) is 0 Å². The van der Waals surface area contributed by atoms with E-state index < -0.39 is 0 Å². The fraction of sp³-hybridized carbons (Fsp3) is 0.500. The van der Waals surface area contributed by atoms with Gasteiger partial charge in [0.25, 0.3) is 0 Å². The monoisotopic (exact) mass is 277 g/mol. The van der Waals surface area contributed by atoms with Crippen molar-refractivity contribution < 1.29 is 14.2 Å². The van der Waals surface area contributed by atoms with E-state index in [9.17, 15) is 0 Å². The summed E-state index contributed by atoms with van der Waals surface area (Å²) in [6, 6.07) is 8.29. The molecule has 0 spiro atoms. The highest BCUT2D eigenvalue weighted by molar-refractivity contribution is 5.45. The number of methoxy groups -OCH3 is 1. The second kappa shape index (κ2) is 8.61. The lowest BCUT2D eigenvalue weighted by Crippen LogP contribution is -2.22. The molecule has 0 saturated heterocycles. The molecule has 1 aliphatic heterocycles. The Morgan fingerprint density at radius 2 is 2.30 bits per heavy atom. The number of rotatable bonds is 8. The molecule has 1 heterocycles. The van der Waals surface area contributed by atoms with Gasteiger partial charge >= 0.3 is 0 Å². The number of hydrogen-bond acceptors (Lipinski definition) is 4. The van der Waals surface area contributed by atoms with Crippen molar-refractivity contribution >= 4 is 5.69 Å². The van der Waals surface area contributed by atoms with E-state index in [1.165, 1.54) is 0 Å². The largest absolute Gasteiger partial charge is 0.497 e. The van der Waals surface area contributed by atoms with Gasteiger partial charge < -0.3 is 19.5 Å². The molecule has 1 atom stereocenters. The molecular weight excluding hydrogens is 254 g/mol. The van der Waals surface area contributed by atoms with Gasteiger partial charge in [0.15, 0.2) is 0 Å². The van der Waals surface area contributed by atoms with Crippen LogP contribution >= 0.6 is 0 Å². The molecule has 0 aliphatic carbocycles. The van der Waals surface area contributed by atoms with Crippen molar-refractivity contribution in [2.75, 3.05) is 32.2 Å². The number of anilines is 1. The van der Waals surface area contributed by atoms with E-state index in [2.05, 4.69) is 29.6 Å². The minimum atomic E-state index is 0.265. The molecule has 1 aromatic rings. The van der Waals surface area contributed by atoms with Gasteiger partial charge in [-0.3, -0.25) is 0 Å². The highest BCUT2D eigenvalue weighted by atomic mass is 16.5. The molecule has 4 nitrogen and oxygen atoms in total. The number of nitrogens with one attached hydrogen (secondary N) is 1. The molecule has 20 heavy (non-hydrogen) atoms. The molecule has 0 fully saturated rings. The van der Waals surface area contributed by atoms with Crippen molar-refractivity contribution in [3.8, 4) is 0 Å². The van der Waals surface area contributed by atoms with Crippen LogP contribution < -0.4 is 5.32 Å². The summed E-state index contributed by atoms with van der Waals surface area (Å²) in [5.41, 5.74) is 2.27. The molecule has 1 aliphatic rings. The van der Waals surface area contributed by atoms with E-state index in [0.29, 0.717) is 19.8 Å². The van der Waals surface area contributed by atoms with Gasteiger partial charge in [0.1, 0.15) is 6.10 Å². The van der Waals surface area contributed by atoms with E-state index >= 15 is 0 Å². The van der Waals surface area contributed by atoms with E-state index in [-0.39, 0.29) is 6.10 Å². The van der Waals surface area contributed by atoms with Crippen LogP contribution in [0.4, 0.5) is 5.69 Å². The first-order valence-corrected chi connectivity index (χ1v) is 7.08. The zero-order valence-corrected chi connectivity index (χ0v) is 12.0. The maximum atomic E-state index is 5.54. The smallest absolute Gasteiger partial charge is 0.115 e. The Bertz CT molecular complexity index is 420. The first-order valence-electron chi connectivity index (χ1n) is 7.08. The Labute approximate surface area is 120 Å². The minimum Gasteiger partial charge on any atom is -0.497 e. The molecule has 1 unspecified atom stereocenters. The molecule has 4 heteroatoms. The SMILES string of the molecule is COCCOCc1cccc(NCC2CCC=CO2)c1. The lowest BCUT2D eigenvalue weighted by Gasteiger charge is -2.20. The molecule has 0 radical (unpaired) electrons. The Hall–Kier alpha value is -1.52. The molecular formula is C16H23NO3. The van der Waals surface area contributed by atoms with Crippen LogP contribution in [0.15, 0.2) is 36.6 Å². The average molecular weight is 277 g/mol. The van der Waals surface area contributed by atoms with Crippen LogP contribution in [0.25, 0.3) is 0 Å². The van der Waals surface area contributed by atoms with Gasteiger partial charge in [0.05, 0.1) is 32.6 Å². The summed E-state index contributed by atoms with van der Waals surface area (Å²) < 4.78 is 16.0. The van der Waals surface area contributed by atoms with Gasteiger partial charge in [-0.1, -0.05) is 12.1 Å². The quantitative estimate of drug-likeness (QED) is 0.742.